The van der Waals surface area contributed by atoms with Gasteiger partial charge in [-0.1, -0.05) is 65.3 Å². The second-order valence-electron chi connectivity index (χ2n) is 6.73. The number of hydrogen-bond acceptors (Lipinski definition) is 4. The zero-order chi connectivity index (χ0) is 17.9. The maximum Gasteiger partial charge on any atom is 0.249 e. The van der Waals surface area contributed by atoms with Crippen molar-refractivity contribution >= 4 is 5.91 Å². The number of aryl methyl sites for hydroxylation is 1. The van der Waals surface area contributed by atoms with E-state index in [2.05, 4.69) is 10.1 Å². The summed E-state index contributed by atoms with van der Waals surface area (Å²) in [6.45, 7) is 2.78. The van der Waals surface area contributed by atoms with Crippen LogP contribution in [0.25, 0.3) is 11.4 Å². The van der Waals surface area contributed by atoms with Crippen LogP contribution < -0.4 is 0 Å². The third kappa shape index (κ3) is 3.38. The summed E-state index contributed by atoms with van der Waals surface area (Å²) in [6.07, 6.45) is 2.21. The van der Waals surface area contributed by atoms with Gasteiger partial charge in [0.1, 0.15) is 6.04 Å². The summed E-state index contributed by atoms with van der Waals surface area (Å²) in [5, 5.41) is 4.11. The fourth-order valence-electron chi connectivity index (χ4n) is 3.38. The number of nitrogens with zero attached hydrogens (tertiary/aromatic N) is 3. The van der Waals surface area contributed by atoms with E-state index in [4.69, 9.17) is 4.52 Å². The van der Waals surface area contributed by atoms with Crippen LogP contribution in [-0.4, -0.2) is 27.5 Å². The van der Waals surface area contributed by atoms with E-state index in [1.54, 1.807) is 0 Å². The SMILES string of the molecule is Cc1ccc(-c2noc([C@H]3CCCN3C(=O)Cc3ccccc3)n2)cc1. The van der Waals surface area contributed by atoms with Gasteiger partial charge in [0.05, 0.1) is 6.42 Å². The van der Waals surface area contributed by atoms with Crippen molar-refractivity contribution in [2.45, 2.75) is 32.2 Å². The molecular formula is C21H21N3O2. The minimum atomic E-state index is -0.127. The van der Waals surface area contributed by atoms with Gasteiger partial charge in [0.25, 0.3) is 0 Å². The summed E-state index contributed by atoms with van der Waals surface area (Å²) >= 11 is 0. The molecule has 1 fully saturated rings. The second-order valence-corrected chi connectivity index (χ2v) is 6.73. The van der Waals surface area contributed by atoms with Crippen molar-refractivity contribution in [3.8, 4) is 11.4 Å². The van der Waals surface area contributed by atoms with Crippen LogP contribution in [0.1, 0.15) is 35.9 Å². The lowest BCUT2D eigenvalue weighted by Crippen LogP contribution is -2.32. The van der Waals surface area contributed by atoms with E-state index in [1.165, 1.54) is 5.56 Å². The van der Waals surface area contributed by atoms with E-state index in [9.17, 15) is 4.79 Å². The Bertz CT molecular complexity index is 887. The molecule has 2 heterocycles. The lowest BCUT2D eigenvalue weighted by Gasteiger charge is -2.21. The molecule has 1 aliphatic rings. The van der Waals surface area contributed by atoms with Crippen LogP contribution in [0.15, 0.2) is 59.1 Å². The topological polar surface area (TPSA) is 59.2 Å². The van der Waals surface area contributed by atoms with E-state index < -0.39 is 0 Å². The smallest absolute Gasteiger partial charge is 0.249 e. The molecule has 1 amide bonds. The summed E-state index contributed by atoms with van der Waals surface area (Å²) in [5.74, 6) is 1.20. The molecule has 1 aromatic heterocycles. The largest absolute Gasteiger partial charge is 0.337 e. The average Bonchev–Trinajstić information content (AvgIpc) is 3.32. The quantitative estimate of drug-likeness (QED) is 0.717. The summed E-state index contributed by atoms with van der Waals surface area (Å²) in [4.78, 5) is 19.2. The predicted molar refractivity (Wildman–Crippen MR) is 98.3 cm³/mol. The van der Waals surface area contributed by atoms with Crippen molar-refractivity contribution in [2.75, 3.05) is 6.54 Å². The van der Waals surface area contributed by atoms with Crippen molar-refractivity contribution in [2.24, 2.45) is 0 Å². The Morgan fingerprint density at radius 3 is 2.69 bits per heavy atom. The zero-order valence-corrected chi connectivity index (χ0v) is 14.8. The molecule has 3 aromatic rings. The standard InChI is InChI=1S/C21H21N3O2/c1-15-9-11-17(12-10-15)20-22-21(26-23-20)18-8-5-13-24(18)19(25)14-16-6-3-2-4-7-16/h2-4,6-7,9-12,18H,5,8,13-14H2,1H3/t18-/m1/s1. The van der Waals surface area contributed by atoms with Crippen LogP contribution >= 0.6 is 0 Å². The van der Waals surface area contributed by atoms with Crippen molar-refractivity contribution in [1.29, 1.82) is 0 Å². The minimum Gasteiger partial charge on any atom is -0.337 e. The molecule has 1 aliphatic heterocycles. The first-order chi connectivity index (χ1) is 12.7. The highest BCUT2D eigenvalue weighted by atomic mass is 16.5. The molecule has 2 aromatic carbocycles. The number of hydrogen-bond donors (Lipinski definition) is 0. The second kappa shape index (κ2) is 7.12. The van der Waals surface area contributed by atoms with Gasteiger partial charge in [0.2, 0.25) is 17.6 Å². The highest BCUT2D eigenvalue weighted by Gasteiger charge is 2.33. The van der Waals surface area contributed by atoms with Crippen LogP contribution in [0.5, 0.6) is 0 Å². The number of rotatable bonds is 4. The third-order valence-corrected chi connectivity index (χ3v) is 4.81. The Morgan fingerprint density at radius 2 is 1.92 bits per heavy atom. The van der Waals surface area contributed by atoms with E-state index in [1.807, 2.05) is 66.4 Å². The van der Waals surface area contributed by atoms with E-state index in [0.29, 0.717) is 18.1 Å². The first-order valence-corrected chi connectivity index (χ1v) is 8.95. The van der Waals surface area contributed by atoms with Gasteiger partial charge in [-0.05, 0) is 25.3 Å². The highest BCUT2D eigenvalue weighted by Crippen LogP contribution is 2.32. The first-order valence-electron chi connectivity index (χ1n) is 8.95. The molecule has 0 bridgehead atoms. The van der Waals surface area contributed by atoms with Crippen LogP contribution in [0, 0.1) is 6.92 Å². The molecule has 1 saturated heterocycles. The van der Waals surface area contributed by atoms with Gasteiger partial charge < -0.3 is 9.42 Å². The molecule has 0 spiro atoms. The maximum atomic E-state index is 12.7. The number of carbonyl (C=O) groups excluding carboxylic acids is 1. The summed E-state index contributed by atoms with van der Waals surface area (Å²) in [7, 11) is 0. The molecule has 132 valence electrons. The van der Waals surface area contributed by atoms with Gasteiger partial charge in [-0.3, -0.25) is 4.79 Å². The molecule has 0 saturated carbocycles. The molecule has 0 unspecified atom stereocenters. The number of benzene rings is 2. The van der Waals surface area contributed by atoms with Crippen molar-refractivity contribution in [3.63, 3.8) is 0 Å². The molecule has 26 heavy (non-hydrogen) atoms. The van der Waals surface area contributed by atoms with Crippen LogP contribution in [0.3, 0.4) is 0 Å². The Kier molecular flexibility index (Phi) is 4.52. The fraction of sp³-hybridized carbons (Fsp3) is 0.286. The van der Waals surface area contributed by atoms with Crippen LogP contribution in [-0.2, 0) is 11.2 Å². The fourth-order valence-corrected chi connectivity index (χ4v) is 3.38. The monoisotopic (exact) mass is 347 g/mol. The van der Waals surface area contributed by atoms with Crippen molar-refractivity contribution < 1.29 is 9.32 Å². The lowest BCUT2D eigenvalue weighted by molar-refractivity contribution is -0.131. The molecule has 1 atom stereocenters. The van der Waals surface area contributed by atoms with Gasteiger partial charge in [-0.15, -0.1) is 0 Å². The van der Waals surface area contributed by atoms with Crippen LogP contribution in [0.4, 0.5) is 0 Å². The third-order valence-electron chi connectivity index (χ3n) is 4.81. The van der Waals surface area contributed by atoms with Gasteiger partial charge in [0, 0.05) is 12.1 Å². The molecule has 0 radical (unpaired) electrons. The lowest BCUT2D eigenvalue weighted by atomic mass is 10.1. The average molecular weight is 347 g/mol. The predicted octanol–water partition coefficient (Wildman–Crippen LogP) is 3.95. The summed E-state index contributed by atoms with van der Waals surface area (Å²) < 4.78 is 5.51. The molecule has 0 N–H and O–H groups in total. The van der Waals surface area contributed by atoms with Gasteiger partial charge in [-0.25, -0.2) is 0 Å². The Balaban J connectivity index is 1.51. The highest BCUT2D eigenvalue weighted by molar-refractivity contribution is 5.79. The molecule has 5 nitrogen and oxygen atoms in total. The van der Waals surface area contributed by atoms with Gasteiger partial charge in [-0.2, -0.15) is 4.98 Å². The number of likely N-dealkylation sites (tertiary alicyclic amines) is 1. The van der Waals surface area contributed by atoms with E-state index >= 15 is 0 Å². The summed E-state index contributed by atoms with van der Waals surface area (Å²) in [6, 6.07) is 17.7. The Labute approximate surface area is 152 Å². The Morgan fingerprint density at radius 1 is 1.15 bits per heavy atom. The molecular weight excluding hydrogens is 326 g/mol. The molecule has 4 rings (SSSR count). The Hall–Kier alpha value is -2.95. The van der Waals surface area contributed by atoms with E-state index in [0.717, 1.165) is 30.5 Å². The number of carbonyl (C=O) groups is 1. The summed E-state index contributed by atoms with van der Waals surface area (Å²) in [5.41, 5.74) is 3.13. The maximum absolute atomic E-state index is 12.7. The normalized spacial score (nSPS) is 16.8. The van der Waals surface area contributed by atoms with Crippen molar-refractivity contribution in [3.05, 3.63) is 71.6 Å². The number of amides is 1. The van der Waals surface area contributed by atoms with Gasteiger partial charge in [0.15, 0.2) is 0 Å². The molecule has 5 heteroatoms. The van der Waals surface area contributed by atoms with Crippen molar-refractivity contribution in [1.82, 2.24) is 15.0 Å². The van der Waals surface area contributed by atoms with Crippen LogP contribution in [0.2, 0.25) is 0 Å². The first kappa shape index (κ1) is 16.5. The van der Waals surface area contributed by atoms with Gasteiger partial charge >= 0.3 is 0 Å². The molecule has 0 aliphatic carbocycles. The zero-order valence-electron chi connectivity index (χ0n) is 14.8. The minimum absolute atomic E-state index is 0.105. The number of aromatic nitrogens is 2. The van der Waals surface area contributed by atoms with E-state index in [-0.39, 0.29) is 11.9 Å².